The summed E-state index contributed by atoms with van der Waals surface area (Å²) in [6, 6.07) is 17.3. The number of hydrogen-bond donors (Lipinski definition) is 3. The molecule has 0 aliphatic heterocycles. The van der Waals surface area contributed by atoms with Crippen molar-refractivity contribution < 1.29 is 9.59 Å². The molecule has 1 unspecified atom stereocenters. The van der Waals surface area contributed by atoms with Crippen molar-refractivity contribution >= 4 is 17.6 Å². The summed E-state index contributed by atoms with van der Waals surface area (Å²) in [4.78, 5) is 24.5. The van der Waals surface area contributed by atoms with Gasteiger partial charge >= 0.3 is 6.03 Å². The topological polar surface area (TPSA) is 70.2 Å². The molecule has 3 amide bonds. The van der Waals surface area contributed by atoms with Crippen molar-refractivity contribution in [2.75, 3.05) is 11.9 Å². The van der Waals surface area contributed by atoms with Gasteiger partial charge in [0.05, 0.1) is 0 Å². The van der Waals surface area contributed by atoms with E-state index in [1.807, 2.05) is 18.2 Å². The SMILES string of the molecule is CC(C)C(CNC(=O)c1cccc(NC(=O)NC2CC2)c1)c1ccccc1. The maximum absolute atomic E-state index is 12.6. The number of benzene rings is 2. The molecule has 142 valence electrons. The Bertz CT molecular complexity index is 785. The maximum Gasteiger partial charge on any atom is 0.319 e. The van der Waals surface area contributed by atoms with Crippen LogP contribution >= 0.6 is 0 Å². The number of urea groups is 1. The van der Waals surface area contributed by atoms with Crippen LogP contribution in [0.2, 0.25) is 0 Å². The summed E-state index contributed by atoms with van der Waals surface area (Å²) in [6.45, 7) is 4.89. The quantitative estimate of drug-likeness (QED) is 0.690. The number of carbonyl (C=O) groups excluding carboxylic acids is 2. The molecule has 0 aromatic heterocycles. The van der Waals surface area contributed by atoms with Gasteiger partial charge in [0.2, 0.25) is 0 Å². The second kappa shape index (κ2) is 8.71. The van der Waals surface area contributed by atoms with Crippen LogP contribution in [0.1, 0.15) is 48.5 Å². The Kier molecular flexibility index (Phi) is 6.12. The monoisotopic (exact) mass is 365 g/mol. The number of amides is 3. The lowest BCUT2D eigenvalue weighted by Crippen LogP contribution is -2.31. The summed E-state index contributed by atoms with van der Waals surface area (Å²) in [5.41, 5.74) is 2.37. The first-order valence-electron chi connectivity index (χ1n) is 9.53. The van der Waals surface area contributed by atoms with Crippen LogP contribution in [0.4, 0.5) is 10.5 Å². The van der Waals surface area contributed by atoms with E-state index < -0.39 is 0 Å². The van der Waals surface area contributed by atoms with Crippen molar-refractivity contribution in [3.05, 3.63) is 65.7 Å². The molecule has 0 radical (unpaired) electrons. The van der Waals surface area contributed by atoms with Crippen LogP contribution in [0.25, 0.3) is 0 Å². The number of carbonyl (C=O) groups is 2. The molecule has 1 fully saturated rings. The molecule has 5 nitrogen and oxygen atoms in total. The van der Waals surface area contributed by atoms with E-state index in [0.717, 1.165) is 12.8 Å². The van der Waals surface area contributed by atoms with E-state index in [1.54, 1.807) is 24.3 Å². The van der Waals surface area contributed by atoms with E-state index in [4.69, 9.17) is 0 Å². The Morgan fingerprint density at radius 2 is 1.78 bits per heavy atom. The van der Waals surface area contributed by atoms with Crippen molar-refractivity contribution in [2.45, 2.75) is 38.6 Å². The number of nitrogens with one attached hydrogen (secondary N) is 3. The highest BCUT2D eigenvalue weighted by molar-refractivity contribution is 5.97. The Labute approximate surface area is 160 Å². The minimum absolute atomic E-state index is 0.136. The van der Waals surface area contributed by atoms with Gasteiger partial charge in [-0.3, -0.25) is 4.79 Å². The van der Waals surface area contributed by atoms with Gasteiger partial charge in [0.25, 0.3) is 5.91 Å². The molecule has 1 aliphatic rings. The third-order valence-corrected chi connectivity index (χ3v) is 4.81. The first-order valence-corrected chi connectivity index (χ1v) is 9.53. The highest BCUT2D eigenvalue weighted by Gasteiger charge is 2.23. The van der Waals surface area contributed by atoms with Crippen molar-refractivity contribution in [2.24, 2.45) is 5.92 Å². The predicted octanol–water partition coefficient (Wildman–Crippen LogP) is 4.14. The molecule has 5 heteroatoms. The van der Waals surface area contributed by atoms with Crippen molar-refractivity contribution in [3.8, 4) is 0 Å². The van der Waals surface area contributed by atoms with E-state index in [2.05, 4.69) is 41.9 Å². The smallest absolute Gasteiger partial charge is 0.319 e. The molecule has 1 aliphatic carbocycles. The molecule has 2 aromatic carbocycles. The average molecular weight is 365 g/mol. The molecule has 0 spiro atoms. The minimum Gasteiger partial charge on any atom is -0.351 e. The summed E-state index contributed by atoms with van der Waals surface area (Å²) in [5, 5.41) is 8.69. The lowest BCUT2D eigenvalue weighted by molar-refractivity contribution is 0.0949. The zero-order chi connectivity index (χ0) is 19.2. The van der Waals surface area contributed by atoms with Crippen LogP contribution in [0.5, 0.6) is 0 Å². The van der Waals surface area contributed by atoms with Crippen LogP contribution in [0.3, 0.4) is 0 Å². The molecule has 2 aromatic rings. The molecule has 3 rings (SSSR count). The predicted molar refractivity (Wildman–Crippen MR) is 108 cm³/mol. The van der Waals surface area contributed by atoms with Gasteiger partial charge in [-0.1, -0.05) is 50.2 Å². The summed E-state index contributed by atoms with van der Waals surface area (Å²) in [6.07, 6.45) is 2.07. The van der Waals surface area contributed by atoms with Gasteiger partial charge in [0, 0.05) is 29.8 Å². The Hall–Kier alpha value is -2.82. The summed E-state index contributed by atoms with van der Waals surface area (Å²) >= 11 is 0. The fourth-order valence-corrected chi connectivity index (χ4v) is 3.06. The van der Waals surface area contributed by atoms with Gasteiger partial charge in [-0.2, -0.15) is 0 Å². The lowest BCUT2D eigenvalue weighted by Gasteiger charge is -2.22. The van der Waals surface area contributed by atoms with Gasteiger partial charge in [-0.05, 0) is 42.5 Å². The first kappa shape index (κ1) is 19.0. The largest absolute Gasteiger partial charge is 0.351 e. The molecule has 3 N–H and O–H groups in total. The molecular formula is C22H27N3O2. The second-order valence-electron chi connectivity index (χ2n) is 7.42. The third-order valence-electron chi connectivity index (χ3n) is 4.81. The lowest BCUT2D eigenvalue weighted by atomic mass is 9.88. The molecule has 27 heavy (non-hydrogen) atoms. The zero-order valence-corrected chi connectivity index (χ0v) is 15.9. The van der Waals surface area contributed by atoms with E-state index in [-0.39, 0.29) is 17.9 Å². The summed E-state index contributed by atoms with van der Waals surface area (Å²) < 4.78 is 0. The molecule has 0 bridgehead atoms. The molecular weight excluding hydrogens is 338 g/mol. The van der Waals surface area contributed by atoms with Crippen molar-refractivity contribution in [1.82, 2.24) is 10.6 Å². The molecule has 0 heterocycles. The third kappa shape index (κ3) is 5.58. The van der Waals surface area contributed by atoms with Gasteiger partial charge in [-0.15, -0.1) is 0 Å². The molecule has 1 saturated carbocycles. The van der Waals surface area contributed by atoms with Crippen LogP contribution in [-0.4, -0.2) is 24.5 Å². The van der Waals surface area contributed by atoms with Gasteiger partial charge in [0.1, 0.15) is 0 Å². The minimum atomic E-state index is -0.223. The number of hydrogen-bond acceptors (Lipinski definition) is 2. The van der Waals surface area contributed by atoms with Crippen molar-refractivity contribution in [3.63, 3.8) is 0 Å². The van der Waals surface area contributed by atoms with E-state index in [1.165, 1.54) is 5.56 Å². The van der Waals surface area contributed by atoms with Crippen LogP contribution in [0, 0.1) is 5.92 Å². The zero-order valence-electron chi connectivity index (χ0n) is 15.9. The Balaban J connectivity index is 1.59. The van der Waals surface area contributed by atoms with E-state index in [9.17, 15) is 9.59 Å². The highest BCUT2D eigenvalue weighted by atomic mass is 16.2. The van der Waals surface area contributed by atoms with Crippen molar-refractivity contribution in [1.29, 1.82) is 0 Å². The summed E-state index contributed by atoms with van der Waals surface area (Å²) in [7, 11) is 0. The summed E-state index contributed by atoms with van der Waals surface area (Å²) in [5.74, 6) is 0.524. The van der Waals surface area contributed by atoms with Gasteiger partial charge < -0.3 is 16.0 Å². The van der Waals surface area contributed by atoms with Crippen LogP contribution in [-0.2, 0) is 0 Å². The van der Waals surface area contributed by atoms with E-state index >= 15 is 0 Å². The highest BCUT2D eigenvalue weighted by Crippen LogP contribution is 2.23. The van der Waals surface area contributed by atoms with E-state index in [0.29, 0.717) is 29.8 Å². The standard InChI is InChI=1S/C22H27N3O2/c1-15(2)20(16-7-4-3-5-8-16)14-23-21(26)17-9-6-10-19(13-17)25-22(27)24-18-11-12-18/h3-10,13,15,18,20H,11-12,14H2,1-2H3,(H,23,26)(H2,24,25,27). The molecule has 1 atom stereocenters. The first-order chi connectivity index (χ1) is 13.0. The number of anilines is 1. The maximum atomic E-state index is 12.6. The Morgan fingerprint density at radius 3 is 2.44 bits per heavy atom. The fourth-order valence-electron chi connectivity index (χ4n) is 3.06. The van der Waals surface area contributed by atoms with Gasteiger partial charge in [0.15, 0.2) is 0 Å². The number of rotatable bonds is 7. The normalized spacial score (nSPS) is 14.5. The van der Waals surface area contributed by atoms with Crippen LogP contribution in [0.15, 0.2) is 54.6 Å². The van der Waals surface area contributed by atoms with Gasteiger partial charge in [-0.25, -0.2) is 4.79 Å². The average Bonchev–Trinajstić information content (AvgIpc) is 3.46. The molecule has 0 saturated heterocycles. The second-order valence-corrected chi connectivity index (χ2v) is 7.42. The van der Waals surface area contributed by atoms with Crippen LogP contribution < -0.4 is 16.0 Å². The Morgan fingerprint density at radius 1 is 1.04 bits per heavy atom. The fraction of sp³-hybridized carbons (Fsp3) is 0.364.